The van der Waals surface area contributed by atoms with Crippen molar-refractivity contribution in [3.05, 3.63) is 54.1 Å². The first-order valence-electron chi connectivity index (χ1n) is 11.1. The third kappa shape index (κ3) is 3.70. The van der Waals surface area contributed by atoms with Gasteiger partial charge in [-0.05, 0) is 37.1 Å². The number of rotatable bonds is 5. The van der Waals surface area contributed by atoms with Gasteiger partial charge in [0.1, 0.15) is 12.3 Å². The van der Waals surface area contributed by atoms with Crippen LogP contribution < -0.4 is 15.4 Å². The van der Waals surface area contributed by atoms with E-state index in [9.17, 15) is 22.8 Å². The van der Waals surface area contributed by atoms with Crippen LogP contribution in [0.3, 0.4) is 0 Å². The molecule has 3 aliphatic rings. The highest BCUT2D eigenvalue weighted by Gasteiger charge is 2.55. The van der Waals surface area contributed by atoms with E-state index in [4.69, 9.17) is 4.74 Å². The number of urea groups is 1. The number of carbonyl (C=O) groups excluding carboxylic acids is 3. The molecule has 0 radical (unpaired) electrons. The van der Waals surface area contributed by atoms with Gasteiger partial charge in [-0.2, -0.15) is 4.31 Å². The quantitative estimate of drug-likeness (QED) is 0.622. The van der Waals surface area contributed by atoms with Crippen LogP contribution in [0.2, 0.25) is 0 Å². The van der Waals surface area contributed by atoms with Gasteiger partial charge in [0.25, 0.3) is 5.91 Å². The number of hydrogen-bond acceptors (Lipinski definition) is 6. The summed E-state index contributed by atoms with van der Waals surface area (Å²) in [6.07, 6.45) is 1.89. The highest BCUT2D eigenvalue weighted by atomic mass is 32.2. The lowest BCUT2D eigenvalue weighted by atomic mass is 9.84. The van der Waals surface area contributed by atoms with Crippen LogP contribution in [0, 0.1) is 0 Å². The molecule has 2 saturated heterocycles. The van der Waals surface area contributed by atoms with E-state index in [1.165, 1.54) is 16.4 Å². The molecule has 2 aromatic rings. The molecule has 1 atom stereocenters. The normalized spacial score (nSPS) is 22.4. The maximum absolute atomic E-state index is 13.3. The molecule has 0 aromatic heterocycles. The Morgan fingerprint density at radius 2 is 1.85 bits per heavy atom. The number of nitrogens with one attached hydrogen (secondary N) is 2. The largest absolute Gasteiger partial charge is 0.493 e. The molecule has 4 amide bonds. The highest BCUT2D eigenvalue weighted by Crippen LogP contribution is 2.40. The van der Waals surface area contributed by atoms with E-state index >= 15 is 0 Å². The predicted octanol–water partition coefficient (Wildman–Crippen LogP) is 1.64. The zero-order valence-corrected chi connectivity index (χ0v) is 19.1. The highest BCUT2D eigenvalue weighted by molar-refractivity contribution is 7.89. The number of imide groups is 1. The second-order valence-corrected chi connectivity index (χ2v) is 10.4. The van der Waals surface area contributed by atoms with Crippen molar-refractivity contribution in [1.82, 2.24) is 14.5 Å². The van der Waals surface area contributed by atoms with Crippen LogP contribution in [-0.2, 0) is 25.2 Å². The summed E-state index contributed by atoms with van der Waals surface area (Å²) >= 11 is 0. The fourth-order valence-electron chi connectivity index (χ4n) is 4.67. The Kier molecular flexibility index (Phi) is 5.53. The summed E-state index contributed by atoms with van der Waals surface area (Å²) in [4.78, 5) is 39.7. The molecule has 1 spiro atoms. The Morgan fingerprint density at radius 3 is 2.65 bits per heavy atom. The Labute approximate surface area is 196 Å². The maximum atomic E-state index is 13.3. The number of benzene rings is 2. The van der Waals surface area contributed by atoms with E-state index < -0.39 is 40.0 Å². The number of ether oxygens (including phenoxy) is 1. The Bertz CT molecular complexity index is 1270. The van der Waals surface area contributed by atoms with E-state index in [0.29, 0.717) is 24.4 Å². The van der Waals surface area contributed by atoms with Gasteiger partial charge < -0.3 is 15.4 Å². The van der Waals surface area contributed by atoms with Crippen LogP contribution in [0.4, 0.5) is 10.5 Å². The van der Waals surface area contributed by atoms with Gasteiger partial charge in [0.05, 0.1) is 11.5 Å². The molecule has 3 heterocycles. The van der Waals surface area contributed by atoms with Crippen LogP contribution in [0.1, 0.15) is 24.8 Å². The van der Waals surface area contributed by atoms with Crippen LogP contribution in [0.25, 0.3) is 0 Å². The van der Waals surface area contributed by atoms with Crippen LogP contribution in [-0.4, -0.2) is 61.7 Å². The van der Waals surface area contributed by atoms with Gasteiger partial charge in [-0.25, -0.2) is 13.2 Å². The van der Waals surface area contributed by atoms with Crippen molar-refractivity contribution in [2.45, 2.75) is 29.7 Å². The second-order valence-electron chi connectivity index (χ2n) is 8.51. The van der Waals surface area contributed by atoms with Crippen molar-refractivity contribution in [1.29, 1.82) is 0 Å². The standard InChI is InChI=1S/C23H24N4O6S/c28-20(24-16-6-5-7-17(14-16)34(31,32)26-11-3-4-12-26)15-27-21(29)23(25-22(27)30)10-13-33-19-9-2-1-8-18(19)23/h1-2,5-9,14H,3-4,10-13,15H2,(H,24,28)(H,25,30)/t23-/m0/s1. The summed E-state index contributed by atoms with van der Waals surface area (Å²) < 4.78 is 32.6. The number of amides is 4. The van der Waals surface area contributed by atoms with E-state index in [0.717, 1.165) is 17.7 Å². The van der Waals surface area contributed by atoms with Gasteiger partial charge in [0.15, 0.2) is 5.54 Å². The third-order valence-corrected chi connectivity index (χ3v) is 8.27. The SMILES string of the molecule is O=C(CN1C(=O)N[C@]2(CCOc3ccccc32)C1=O)Nc1cccc(S(=O)(=O)N2CCCC2)c1. The molecule has 0 unspecified atom stereocenters. The van der Waals surface area contributed by atoms with E-state index in [2.05, 4.69) is 10.6 Å². The molecule has 3 aliphatic heterocycles. The first-order valence-corrected chi connectivity index (χ1v) is 12.5. The number of anilines is 1. The van der Waals surface area contributed by atoms with Crippen molar-refractivity contribution in [2.24, 2.45) is 0 Å². The number of nitrogens with zero attached hydrogens (tertiary/aromatic N) is 2. The lowest BCUT2D eigenvalue weighted by molar-refractivity contribution is -0.135. The van der Waals surface area contributed by atoms with Gasteiger partial charge in [-0.15, -0.1) is 0 Å². The Morgan fingerprint density at radius 1 is 1.09 bits per heavy atom. The van der Waals surface area contributed by atoms with Gasteiger partial charge in [0.2, 0.25) is 15.9 Å². The number of hydrogen-bond donors (Lipinski definition) is 2. The lowest BCUT2D eigenvalue weighted by Gasteiger charge is -2.33. The summed E-state index contributed by atoms with van der Waals surface area (Å²) in [6, 6.07) is 12.3. The summed E-state index contributed by atoms with van der Waals surface area (Å²) in [6.45, 7) is 0.696. The molecule has 2 N–H and O–H groups in total. The first-order chi connectivity index (χ1) is 16.3. The zero-order chi connectivity index (χ0) is 23.9. The molecule has 5 rings (SSSR count). The number of sulfonamides is 1. The third-order valence-electron chi connectivity index (χ3n) is 6.38. The van der Waals surface area contributed by atoms with E-state index in [-0.39, 0.29) is 23.6 Å². The fourth-order valence-corrected chi connectivity index (χ4v) is 6.23. The molecule has 0 aliphatic carbocycles. The number of carbonyl (C=O) groups is 3. The topological polar surface area (TPSA) is 125 Å². The monoisotopic (exact) mass is 484 g/mol. The van der Waals surface area contributed by atoms with E-state index in [1.807, 2.05) is 0 Å². The molecule has 0 saturated carbocycles. The maximum Gasteiger partial charge on any atom is 0.325 e. The first kappa shape index (κ1) is 22.4. The van der Waals surface area contributed by atoms with Crippen LogP contribution >= 0.6 is 0 Å². The molecule has 178 valence electrons. The number of fused-ring (bicyclic) bond motifs is 2. The zero-order valence-electron chi connectivity index (χ0n) is 18.3. The average Bonchev–Trinajstić information content (AvgIpc) is 3.45. The van der Waals surface area contributed by atoms with Crippen LogP contribution in [0.15, 0.2) is 53.4 Å². The molecule has 11 heteroatoms. The molecular formula is C23H24N4O6S. The van der Waals surface area contributed by atoms with Gasteiger partial charge >= 0.3 is 6.03 Å². The van der Waals surface area contributed by atoms with Gasteiger partial charge in [-0.3, -0.25) is 14.5 Å². The molecule has 2 aromatic carbocycles. The molecule has 2 fully saturated rings. The van der Waals surface area contributed by atoms with Crippen molar-refractivity contribution in [2.75, 3.05) is 31.6 Å². The van der Waals surface area contributed by atoms with Crippen LogP contribution in [0.5, 0.6) is 5.75 Å². The number of para-hydroxylation sites is 1. The van der Waals surface area contributed by atoms with Crippen molar-refractivity contribution in [3.8, 4) is 5.75 Å². The summed E-state index contributed by atoms with van der Waals surface area (Å²) in [5, 5.41) is 5.35. The minimum absolute atomic E-state index is 0.0833. The molecule has 0 bridgehead atoms. The minimum Gasteiger partial charge on any atom is -0.493 e. The molecule has 34 heavy (non-hydrogen) atoms. The van der Waals surface area contributed by atoms with Crippen molar-refractivity contribution < 1.29 is 27.5 Å². The average molecular weight is 485 g/mol. The Hall–Kier alpha value is -3.44. The summed E-state index contributed by atoms with van der Waals surface area (Å²) in [5.74, 6) is -0.616. The molecule has 10 nitrogen and oxygen atoms in total. The molecular weight excluding hydrogens is 460 g/mol. The summed E-state index contributed by atoms with van der Waals surface area (Å²) in [7, 11) is -3.64. The van der Waals surface area contributed by atoms with Gasteiger partial charge in [-0.1, -0.05) is 24.3 Å². The van der Waals surface area contributed by atoms with Crippen molar-refractivity contribution >= 4 is 33.6 Å². The van der Waals surface area contributed by atoms with E-state index in [1.54, 1.807) is 36.4 Å². The lowest BCUT2D eigenvalue weighted by Crippen LogP contribution is -2.48. The second kappa shape index (κ2) is 8.41. The predicted molar refractivity (Wildman–Crippen MR) is 122 cm³/mol. The summed E-state index contributed by atoms with van der Waals surface area (Å²) in [5.41, 5.74) is -0.443. The van der Waals surface area contributed by atoms with Gasteiger partial charge in [0, 0.05) is 30.8 Å². The fraction of sp³-hybridized carbons (Fsp3) is 0.348. The smallest absolute Gasteiger partial charge is 0.325 e. The van der Waals surface area contributed by atoms with Crippen molar-refractivity contribution in [3.63, 3.8) is 0 Å². The minimum atomic E-state index is -3.64. The Balaban J connectivity index is 1.31.